The zero-order valence-electron chi connectivity index (χ0n) is 10.8. The minimum atomic E-state index is -0.213. The SMILES string of the molecule is Cc1cc(NC(=O)c2cn3ccccc3n2)ccc1Br. The molecule has 0 saturated heterocycles. The highest BCUT2D eigenvalue weighted by molar-refractivity contribution is 9.10. The zero-order valence-corrected chi connectivity index (χ0v) is 12.4. The summed E-state index contributed by atoms with van der Waals surface area (Å²) in [5, 5.41) is 2.85. The van der Waals surface area contributed by atoms with Gasteiger partial charge in [0.15, 0.2) is 0 Å². The van der Waals surface area contributed by atoms with Crippen LogP contribution in [0.5, 0.6) is 0 Å². The molecule has 0 saturated carbocycles. The Balaban J connectivity index is 1.86. The molecule has 0 atom stereocenters. The summed E-state index contributed by atoms with van der Waals surface area (Å²) in [6.07, 6.45) is 3.58. The van der Waals surface area contributed by atoms with E-state index in [-0.39, 0.29) is 5.91 Å². The normalized spacial score (nSPS) is 10.7. The first kappa shape index (κ1) is 12.9. The molecule has 3 rings (SSSR count). The molecule has 0 fully saturated rings. The summed E-state index contributed by atoms with van der Waals surface area (Å²) in [4.78, 5) is 16.5. The Labute approximate surface area is 124 Å². The van der Waals surface area contributed by atoms with Crippen molar-refractivity contribution in [3.05, 3.63) is 64.5 Å². The Morgan fingerprint density at radius 3 is 2.90 bits per heavy atom. The van der Waals surface area contributed by atoms with E-state index in [2.05, 4.69) is 26.2 Å². The van der Waals surface area contributed by atoms with Crippen molar-refractivity contribution < 1.29 is 4.79 Å². The summed E-state index contributed by atoms with van der Waals surface area (Å²) in [6, 6.07) is 11.3. The van der Waals surface area contributed by atoms with Gasteiger partial charge in [0.05, 0.1) is 0 Å². The fourth-order valence-corrected chi connectivity index (χ4v) is 2.21. The minimum absolute atomic E-state index is 0.213. The molecule has 3 aromatic rings. The monoisotopic (exact) mass is 329 g/mol. The average molecular weight is 330 g/mol. The largest absolute Gasteiger partial charge is 0.321 e. The van der Waals surface area contributed by atoms with Crippen molar-refractivity contribution in [1.82, 2.24) is 9.38 Å². The third-order valence-corrected chi connectivity index (χ3v) is 3.90. The first-order chi connectivity index (χ1) is 9.63. The van der Waals surface area contributed by atoms with Gasteiger partial charge in [-0.2, -0.15) is 0 Å². The molecule has 4 nitrogen and oxygen atoms in total. The van der Waals surface area contributed by atoms with Crippen LogP contribution in [0.2, 0.25) is 0 Å². The second-order valence-corrected chi connectivity index (χ2v) is 5.36. The lowest BCUT2D eigenvalue weighted by atomic mass is 10.2. The van der Waals surface area contributed by atoms with Crippen LogP contribution in [0.15, 0.2) is 53.3 Å². The van der Waals surface area contributed by atoms with Crippen LogP contribution in [0.1, 0.15) is 16.1 Å². The first-order valence-corrected chi connectivity index (χ1v) is 6.94. The second kappa shape index (κ2) is 5.09. The maximum Gasteiger partial charge on any atom is 0.275 e. The number of fused-ring (bicyclic) bond motifs is 1. The van der Waals surface area contributed by atoms with Crippen LogP contribution in [-0.2, 0) is 0 Å². The van der Waals surface area contributed by atoms with E-state index in [1.165, 1.54) is 0 Å². The summed E-state index contributed by atoms with van der Waals surface area (Å²) in [5.74, 6) is -0.213. The van der Waals surface area contributed by atoms with E-state index in [0.717, 1.165) is 21.4 Å². The van der Waals surface area contributed by atoms with Crippen molar-refractivity contribution in [3.8, 4) is 0 Å². The number of aryl methyl sites for hydroxylation is 1. The van der Waals surface area contributed by atoms with E-state index < -0.39 is 0 Å². The quantitative estimate of drug-likeness (QED) is 0.779. The molecule has 2 heterocycles. The molecular weight excluding hydrogens is 318 g/mol. The number of imidazole rings is 1. The first-order valence-electron chi connectivity index (χ1n) is 6.15. The molecule has 0 bridgehead atoms. The van der Waals surface area contributed by atoms with Crippen molar-refractivity contribution in [2.75, 3.05) is 5.32 Å². The number of carbonyl (C=O) groups excluding carboxylic acids is 1. The van der Waals surface area contributed by atoms with Gasteiger partial charge in [-0.1, -0.05) is 22.0 Å². The van der Waals surface area contributed by atoms with E-state index >= 15 is 0 Å². The molecule has 0 spiro atoms. The minimum Gasteiger partial charge on any atom is -0.321 e. The lowest BCUT2D eigenvalue weighted by molar-refractivity contribution is 0.102. The van der Waals surface area contributed by atoms with Crippen molar-refractivity contribution in [2.45, 2.75) is 6.92 Å². The molecule has 1 N–H and O–H groups in total. The number of rotatable bonds is 2. The fraction of sp³-hybridized carbons (Fsp3) is 0.0667. The summed E-state index contributed by atoms with van der Waals surface area (Å²) in [6.45, 7) is 1.98. The van der Waals surface area contributed by atoms with Gasteiger partial charge in [0, 0.05) is 22.6 Å². The molecule has 20 heavy (non-hydrogen) atoms. The smallest absolute Gasteiger partial charge is 0.275 e. The number of anilines is 1. The molecule has 2 aromatic heterocycles. The molecule has 5 heteroatoms. The standard InChI is InChI=1S/C15H12BrN3O/c1-10-8-11(5-6-12(10)16)17-15(20)13-9-19-7-3-2-4-14(19)18-13/h2-9H,1H3,(H,17,20). The number of hydrogen-bond donors (Lipinski definition) is 1. The molecule has 1 amide bonds. The maximum absolute atomic E-state index is 12.2. The molecule has 0 unspecified atom stereocenters. The van der Waals surface area contributed by atoms with Crippen molar-refractivity contribution in [3.63, 3.8) is 0 Å². The number of halogens is 1. The van der Waals surface area contributed by atoms with Crippen LogP contribution in [-0.4, -0.2) is 15.3 Å². The zero-order chi connectivity index (χ0) is 14.1. The fourth-order valence-electron chi connectivity index (χ4n) is 1.96. The van der Waals surface area contributed by atoms with Gasteiger partial charge in [0.1, 0.15) is 11.3 Å². The number of nitrogens with one attached hydrogen (secondary N) is 1. The molecule has 0 aliphatic heterocycles. The topological polar surface area (TPSA) is 46.4 Å². The number of aromatic nitrogens is 2. The highest BCUT2D eigenvalue weighted by Gasteiger charge is 2.11. The van der Waals surface area contributed by atoms with Gasteiger partial charge in [-0.25, -0.2) is 4.98 Å². The van der Waals surface area contributed by atoms with Crippen LogP contribution in [0.4, 0.5) is 5.69 Å². The van der Waals surface area contributed by atoms with Crippen LogP contribution in [0.3, 0.4) is 0 Å². The Hall–Kier alpha value is -2.14. The van der Waals surface area contributed by atoms with Gasteiger partial charge in [0.25, 0.3) is 5.91 Å². The van der Waals surface area contributed by atoms with E-state index in [4.69, 9.17) is 0 Å². The van der Waals surface area contributed by atoms with Gasteiger partial charge in [-0.15, -0.1) is 0 Å². The second-order valence-electron chi connectivity index (χ2n) is 4.51. The molecule has 0 aliphatic carbocycles. The van der Waals surface area contributed by atoms with Crippen LogP contribution in [0.25, 0.3) is 5.65 Å². The van der Waals surface area contributed by atoms with E-state index in [1.807, 2.05) is 53.9 Å². The number of benzene rings is 1. The number of hydrogen-bond acceptors (Lipinski definition) is 2. The van der Waals surface area contributed by atoms with Gasteiger partial charge in [-0.3, -0.25) is 4.79 Å². The number of amides is 1. The molecule has 100 valence electrons. The number of carbonyl (C=O) groups is 1. The molecule has 1 aromatic carbocycles. The Kier molecular flexibility index (Phi) is 3.28. The highest BCUT2D eigenvalue weighted by Crippen LogP contribution is 2.20. The van der Waals surface area contributed by atoms with E-state index in [9.17, 15) is 4.79 Å². The van der Waals surface area contributed by atoms with Gasteiger partial charge >= 0.3 is 0 Å². The molecule has 0 aliphatic rings. The Morgan fingerprint density at radius 2 is 2.15 bits per heavy atom. The lowest BCUT2D eigenvalue weighted by Crippen LogP contribution is -2.12. The number of nitrogens with zero attached hydrogens (tertiary/aromatic N) is 2. The molecule has 0 radical (unpaired) electrons. The third kappa shape index (κ3) is 2.44. The summed E-state index contributed by atoms with van der Waals surface area (Å²) in [5.41, 5.74) is 2.98. The Bertz CT molecular complexity index is 762. The molecular formula is C15H12BrN3O. The number of pyridine rings is 1. The predicted octanol–water partition coefficient (Wildman–Crippen LogP) is 3.66. The van der Waals surface area contributed by atoms with Crippen LogP contribution < -0.4 is 5.32 Å². The summed E-state index contributed by atoms with van der Waals surface area (Å²) < 4.78 is 2.84. The van der Waals surface area contributed by atoms with E-state index in [0.29, 0.717) is 5.69 Å². The summed E-state index contributed by atoms with van der Waals surface area (Å²) in [7, 11) is 0. The van der Waals surface area contributed by atoms with Gasteiger partial charge in [0.2, 0.25) is 0 Å². The van der Waals surface area contributed by atoms with Crippen LogP contribution in [0, 0.1) is 6.92 Å². The van der Waals surface area contributed by atoms with Gasteiger partial charge in [-0.05, 0) is 42.8 Å². The van der Waals surface area contributed by atoms with Crippen molar-refractivity contribution in [1.29, 1.82) is 0 Å². The van der Waals surface area contributed by atoms with Crippen LogP contribution >= 0.6 is 15.9 Å². The predicted molar refractivity (Wildman–Crippen MR) is 82.0 cm³/mol. The highest BCUT2D eigenvalue weighted by atomic mass is 79.9. The van der Waals surface area contributed by atoms with E-state index in [1.54, 1.807) is 6.20 Å². The van der Waals surface area contributed by atoms with Crippen molar-refractivity contribution >= 4 is 33.2 Å². The summed E-state index contributed by atoms with van der Waals surface area (Å²) >= 11 is 3.44. The third-order valence-electron chi connectivity index (χ3n) is 3.01. The maximum atomic E-state index is 12.2. The Morgan fingerprint density at radius 1 is 1.30 bits per heavy atom. The van der Waals surface area contributed by atoms with Crippen molar-refractivity contribution in [2.24, 2.45) is 0 Å². The lowest BCUT2D eigenvalue weighted by Gasteiger charge is -2.05. The average Bonchev–Trinajstić information content (AvgIpc) is 2.87. The van der Waals surface area contributed by atoms with Gasteiger partial charge < -0.3 is 9.72 Å².